The predicted molar refractivity (Wildman–Crippen MR) is 144 cm³/mol. The highest BCUT2D eigenvalue weighted by Crippen LogP contribution is 2.43. The zero-order valence-electron chi connectivity index (χ0n) is 21.4. The first-order chi connectivity index (χ1) is 17.8. The molecule has 8 heteroatoms. The van der Waals surface area contributed by atoms with Crippen molar-refractivity contribution in [3.8, 4) is 5.75 Å². The van der Waals surface area contributed by atoms with Gasteiger partial charge in [-0.1, -0.05) is 66.9 Å². The van der Waals surface area contributed by atoms with Gasteiger partial charge in [0.1, 0.15) is 12.4 Å². The number of hydrogen-bond acceptors (Lipinski definition) is 5. The second-order valence-corrected chi connectivity index (χ2v) is 10.4. The lowest BCUT2D eigenvalue weighted by molar-refractivity contribution is 0.0652. The molecule has 2 aromatic carbocycles. The van der Waals surface area contributed by atoms with Crippen LogP contribution in [0.15, 0.2) is 59.4 Å². The minimum Gasteiger partial charge on any atom is -0.481 e. The van der Waals surface area contributed by atoms with Crippen LogP contribution < -0.4 is 10.3 Å². The minimum atomic E-state index is -0.485. The molecule has 1 heterocycles. The molecule has 0 atom stereocenters. The summed E-state index contributed by atoms with van der Waals surface area (Å²) in [5, 5.41) is 10.2. The number of halogens is 1. The Labute approximate surface area is 222 Å². The van der Waals surface area contributed by atoms with E-state index < -0.39 is 11.5 Å². The van der Waals surface area contributed by atoms with Crippen LogP contribution in [-0.4, -0.2) is 45.1 Å². The molecule has 1 fully saturated rings. The van der Waals surface area contributed by atoms with Crippen LogP contribution in [0.1, 0.15) is 67.0 Å². The highest BCUT2D eigenvalue weighted by Gasteiger charge is 2.37. The van der Waals surface area contributed by atoms with Crippen LogP contribution in [-0.2, 0) is 18.4 Å². The fourth-order valence-electron chi connectivity index (χ4n) is 5.18. The van der Waals surface area contributed by atoms with Gasteiger partial charge in [-0.05, 0) is 49.9 Å². The average Bonchev–Trinajstić information content (AvgIpc) is 3.36. The molecule has 1 amide bonds. The molecule has 0 aliphatic heterocycles. The molecule has 1 aliphatic rings. The van der Waals surface area contributed by atoms with Gasteiger partial charge >= 0.3 is 0 Å². The highest BCUT2D eigenvalue weighted by molar-refractivity contribution is 6.30. The number of aliphatic hydroxyl groups excluding tert-OH is 1. The first-order valence-corrected chi connectivity index (χ1v) is 13.2. The quantitative estimate of drug-likeness (QED) is 0.394. The number of nitrogens with one attached hydrogen (secondary N) is 1. The summed E-state index contributed by atoms with van der Waals surface area (Å²) in [5.41, 5.74) is 1.31. The molecule has 0 radical (unpaired) electrons. The van der Waals surface area contributed by atoms with Gasteiger partial charge in [-0.3, -0.25) is 9.59 Å². The van der Waals surface area contributed by atoms with Crippen LogP contribution >= 0.6 is 11.6 Å². The first-order valence-electron chi connectivity index (χ1n) is 12.8. The maximum absolute atomic E-state index is 13.6. The number of carbonyl (C=O) groups excluding carboxylic acids is 1. The maximum Gasteiger partial charge on any atom is 0.294 e. The molecule has 2 N–H and O–H groups in total. The number of hydrogen-bond donors (Lipinski definition) is 2. The molecule has 0 saturated heterocycles. The van der Waals surface area contributed by atoms with E-state index in [9.17, 15) is 14.7 Å². The molecule has 0 unspecified atom stereocenters. The van der Waals surface area contributed by atoms with Crippen molar-refractivity contribution < 1.29 is 14.6 Å². The Kier molecular flexibility index (Phi) is 8.67. The fourth-order valence-corrected chi connectivity index (χ4v) is 5.31. The van der Waals surface area contributed by atoms with Crippen LogP contribution in [0.4, 0.5) is 0 Å². The van der Waals surface area contributed by atoms with Gasteiger partial charge in [0.15, 0.2) is 5.69 Å². The van der Waals surface area contributed by atoms with Crippen LogP contribution in [0.3, 0.4) is 0 Å². The summed E-state index contributed by atoms with van der Waals surface area (Å²) >= 11 is 6.14. The summed E-state index contributed by atoms with van der Waals surface area (Å²) in [6, 6.07) is 17.1. The fraction of sp³-hybridized carbons (Fsp3) is 0.414. The van der Waals surface area contributed by atoms with Crippen LogP contribution in [0.25, 0.3) is 0 Å². The Morgan fingerprint density at radius 3 is 2.43 bits per heavy atom. The van der Waals surface area contributed by atoms with Gasteiger partial charge in [-0.15, -0.1) is 0 Å². The number of rotatable bonds is 10. The summed E-state index contributed by atoms with van der Waals surface area (Å²) in [7, 11) is 0. The van der Waals surface area contributed by atoms with Crippen molar-refractivity contribution in [2.24, 2.45) is 0 Å². The number of H-pyrrole nitrogens is 1. The van der Waals surface area contributed by atoms with Gasteiger partial charge in [0, 0.05) is 29.4 Å². The molecule has 0 bridgehead atoms. The topological polar surface area (TPSA) is 95.5 Å². The number of aromatic nitrogens is 2. The number of ether oxygens (including phenoxy) is 1. The third-order valence-electron chi connectivity index (χ3n) is 7.10. The molecular weight excluding hydrogens is 490 g/mol. The number of amides is 1. The monoisotopic (exact) mass is 523 g/mol. The van der Waals surface area contributed by atoms with E-state index in [1.807, 2.05) is 68.4 Å². The Balaban J connectivity index is 1.73. The summed E-state index contributed by atoms with van der Waals surface area (Å²) in [5.74, 6) is -0.0930. The van der Waals surface area contributed by atoms with Crippen molar-refractivity contribution in [2.45, 2.75) is 64.0 Å². The molecule has 1 aromatic heterocycles. The van der Waals surface area contributed by atoms with Crippen LogP contribution in [0.5, 0.6) is 5.75 Å². The summed E-state index contributed by atoms with van der Waals surface area (Å²) in [4.78, 5) is 36.1. The van der Waals surface area contributed by atoms with Gasteiger partial charge in [0.05, 0.1) is 6.61 Å². The Bertz CT molecular complexity index is 1250. The lowest BCUT2D eigenvalue weighted by Gasteiger charge is -2.30. The van der Waals surface area contributed by atoms with Crippen LogP contribution in [0.2, 0.25) is 5.02 Å². The summed E-state index contributed by atoms with van der Waals surface area (Å²) in [6.07, 6.45) is 4.56. The SMILES string of the molecule is CC(C)N(CCO)C(=O)c1nc(CC2(c3ccc(Cl)cc3)CCCC2)[nH]c(=O)c1OCc1ccccc1. The summed E-state index contributed by atoms with van der Waals surface area (Å²) < 4.78 is 5.90. The van der Waals surface area contributed by atoms with Crippen LogP contribution in [0, 0.1) is 0 Å². The zero-order chi connectivity index (χ0) is 26.4. The lowest BCUT2D eigenvalue weighted by atomic mass is 9.76. The van der Waals surface area contributed by atoms with E-state index in [0.717, 1.165) is 36.8 Å². The Morgan fingerprint density at radius 2 is 1.81 bits per heavy atom. The van der Waals surface area contributed by atoms with Crippen molar-refractivity contribution in [1.82, 2.24) is 14.9 Å². The van der Waals surface area contributed by atoms with Gasteiger partial charge < -0.3 is 19.7 Å². The molecule has 1 saturated carbocycles. The van der Waals surface area contributed by atoms with E-state index in [4.69, 9.17) is 21.3 Å². The molecule has 37 heavy (non-hydrogen) atoms. The van der Waals surface area contributed by atoms with Gasteiger partial charge in [0.25, 0.3) is 11.5 Å². The van der Waals surface area contributed by atoms with Crippen molar-refractivity contribution in [1.29, 1.82) is 0 Å². The minimum absolute atomic E-state index is 0.0268. The molecular formula is C29H34ClN3O4. The van der Waals surface area contributed by atoms with E-state index in [0.29, 0.717) is 17.3 Å². The Morgan fingerprint density at radius 1 is 1.14 bits per heavy atom. The molecule has 7 nitrogen and oxygen atoms in total. The molecule has 4 rings (SSSR count). The third kappa shape index (κ3) is 6.22. The number of aromatic amines is 1. The highest BCUT2D eigenvalue weighted by atomic mass is 35.5. The van der Waals surface area contributed by atoms with Gasteiger partial charge in [-0.2, -0.15) is 0 Å². The molecule has 3 aromatic rings. The largest absolute Gasteiger partial charge is 0.481 e. The maximum atomic E-state index is 13.6. The summed E-state index contributed by atoms with van der Waals surface area (Å²) in [6.45, 7) is 3.79. The number of nitrogens with zero attached hydrogens (tertiary/aromatic N) is 2. The normalized spacial score (nSPS) is 14.6. The predicted octanol–water partition coefficient (Wildman–Crippen LogP) is 4.90. The van der Waals surface area contributed by atoms with E-state index in [1.54, 1.807) is 0 Å². The standard InChI is InChI=1S/C29H34ClN3O4/c1-20(2)33(16-17-34)28(36)25-26(37-19-21-8-4-3-5-9-21)27(35)32-24(31-25)18-29(14-6-7-15-29)22-10-12-23(30)13-11-22/h3-5,8-13,20,34H,6-7,14-19H2,1-2H3,(H,31,32,35). The van der Waals surface area contributed by atoms with Crippen molar-refractivity contribution in [3.63, 3.8) is 0 Å². The van der Waals surface area contributed by atoms with E-state index >= 15 is 0 Å². The first kappa shape index (κ1) is 26.9. The second-order valence-electron chi connectivity index (χ2n) is 9.95. The van der Waals surface area contributed by atoms with Gasteiger partial charge in [0.2, 0.25) is 5.75 Å². The molecule has 0 spiro atoms. The van der Waals surface area contributed by atoms with E-state index in [2.05, 4.69) is 4.98 Å². The second kappa shape index (κ2) is 11.9. The number of aliphatic hydroxyl groups is 1. The van der Waals surface area contributed by atoms with Crippen molar-refractivity contribution >= 4 is 17.5 Å². The smallest absolute Gasteiger partial charge is 0.294 e. The lowest BCUT2D eigenvalue weighted by Crippen LogP contribution is -2.40. The van der Waals surface area contributed by atoms with Gasteiger partial charge in [-0.25, -0.2) is 4.98 Å². The van der Waals surface area contributed by atoms with Crippen molar-refractivity contribution in [3.05, 3.63) is 92.6 Å². The van der Waals surface area contributed by atoms with E-state index in [1.165, 1.54) is 4.90 Å². The average molecular weight is 524 g/mol. The van der Waals surface area contributed by atoms with E-state index in [-0.39, 0.29) is 42.7 Å². The number of benzene rings is 2. The third-order valence-corrected chi connectivity index (χ3v) is 7.35. The van der Waals surface area contributed by atoms with Crippen molar-refractivity contribution in [2.75, 3.05) is 13.2 Å². The zero-order valence-corrected chi connectivity index (χ0v) is 22.1. The molecule has 196 valence electrons. The number of carbonyl (C=O) groups is 1. The Hall–Kier alpha value is -3.16. The molecule has 1 aliphatic carbocycles.